The minimum Gasteiger partial charge on any atom is -0.367 e. The quantitative estimate of drug-likeness (QED) is 0.728. The van der Waals surface area contributed by atoms with Crippen LogP contribution in [0, 0.1) is 0 Å². The third kappa shape index (κ3) is 2.15. The summed E-state index contributed by atoms with van der Waals surface area (Å²) in [5.74, 6) is 0. The van der Waals surface area contributed by atoms with Gasteiger partial charge in [0.25, 0.3) is 0 Å². The van der Waals surface area contributed by atoms with Crippen molar-refractivity contribution in [2.45, 2.75) is 12.6 Å². The standard InChI is InChI=1S/C13H17N3/c1-15-13(12-5-6-16-9-12)11-4-2-3-10(7-11)8-14/h2-7,9,13,15-16H,8,14H2,1H3. The summed E-state index contributed by atoms with van der Waals surface area (Å²) in [6.07, 6.45) is 3.95. The van der Waals surface area contributed by atoms with Crippen molar-refractivity contribution >= 4 is 0 Å². The molecule has 0 spiro atoms. The predicted molar refractivity (Wildman–Crippen MR) is 66.0 cm³/mol. The number of hydrogen-bond donors (Lipinski definition) is 3. The smallest absolute Gasteiger partial charge is 0.0589 e. The highest BCUT2D eigenvalue weighted by atomic mass is 14.9. The maximum Gasteiger partial charge on any atom is 0.0589 e. The van der Waals surface area contributed by atoms with Gasteiger partial charge in [-0.05, 0) is 29.8 Å². The maximum absolute atomic E-state index is 5.65. The minimum atomic E-state index is 0.220. The van der Waals surface area contributed by atoms with E-state index < -0.39 is 0 Å². The first kappa shape index (κ1) is 10.9. The summed E-state index contributed by atoms with van der Waals surface area (Å²) in [6, 6.07) is 10.7. The highest BCUT2D eigenvalue weighted by Gasteiger charge is 2.11. The maximum atomic E-state index is 5.65. The van der Waals surface area contributed by atoms with E-state index in [9.17, 15) is 0 Å². The molecule has 1 aromatic heterocycles. The third-order valence-corrected chi connectivity index (χ3v) is 2.76. The van der Waals surface area contributed by atoms with Gasteiger partial charge in [-0.25, -0.2) is 0 Å². The summed E-state index contributed by atoms with van der Waals surface area (Å²) in [4.78, 5) is 3.08. The highest BCUT2D eigenvalue weighted by Crippen LogP contribution is 2.21. The third-order valence-electron chi connectivity index (χ3n) is 2.76. The van der Waals surface area contributed by atoms with Gasteiger partial charge < -0.3 is 16.0 Å². The first-order valence-electron chi connectivity index (χ1n) is 5.44. The van der Waals surface area contributed by atoms with Gasteiger partial charge in [0, 0.05) is 18.9 Å². The Hall–Kier alpha value is -1.58. The van der Waals surface area contributed by atoms with E-state index in [0.717, 1.165) is 5.56 Å². The van der Waals surface area contributed by atoms with Crippen molar-refractivity contribution < 1.29 is 0 Å². The molecule has 3 nitrogen and oxygen atoms in total. The molecule has 0 saturated heterocycles. The number of nitrogens with two attached hydrogens (primary N) is 1. The molecule has 0 radical (unpaired) electrons. The molecule has 1 unspecified atom stereocenters. The van der Waals surface area contributed by atoms with Crippen LogP contribution in [0.1, 0.15) is 22.7 Å². The molecule has 16 heavy (non-hydrogen) atoms. The molecule has 1 aromatic carbocycles. The van der Waals surface area contributed by atoms with E-state index in [1.807, 2.05) is 25.5 Å². The van der Waals surface area contributed by atoms with Crippen molar-refractivity contribution in [2.75, 3.05) is 7.05 Å². The highest BCUT2D eigenvalue weighted by molar-refractivity contribution is 5.33. The molecule has 4 N–H and O–H groups in total. The van der Waals surface area contributed by atoms with E-state index in [1.54, 1.807) is 0 Å². The molecule has 0 aliphatic rings. The Morgan fingerprint density at radius 1 is 1.31 bits per heavy atom. The van der Waals surface area contributed by atoms with E-state index in [0.29, 0.717) is 6.54 Å². The molecule has 2 rings (SSSR count). The average molecular weight is 215 g/mol. The lowest BCUT2D eigenvalue weighted by Crippen LogP contribution is -2.17. The first-order chi connectivity index (χ1) is 7.85. The van der Waals surface area contributed by atoms with Crippen molar-refractivity contribution in [2.24, 2.45) is 5.73 Å². The van der Waals surface area contributed by atoms with Crippen molar-refractivity contribution in [3.05, 3.63) is 59.4 Å². The molecule has 2 aromatic rings. The van der Waals surface area contributed by atoms with Crippen LogP contribution in [0.2, 0.25) is 0 Å². The average Bonchev–Trinajstić information content (AvgIpc) is 2.84. The Labute approximate surface area is 95.7 Å². The van der Waals surface area contributed by atoms with Crippen LogP contribution in [-0.2, 0) is 6.54 Å². The molecule has 0 fully saturated rings. The van der Waals surface area contributed by atoms with Gasteiger partial charge >= 0.3 is 0 Å². The number of rotatable bonds is 4. The molecule has 1 heterocycles. The molecule has 0 amide bonds. The van der Waals surface area contributed by atoms with E-state index >= 15 is 0 Å². The second kappa shape index (κ2) is 4.96. The SMILES string of the molecule is CNC(c1cc[nH]c1)c1cccc(CN)c1. The van der Waals surface area contributed by atoms with Gasteiger partial charge in [0.1, 0.15) is 0 Å². The number of aromatic amines is 1. The van der Waals surface area contributed by atoms with Crippen molar-refractivity contribution in [1.82, 2.24) is 10.3 Å². The van der Waals surface area contributed by atoms with E-state index in [1.165, 1.54) is 11.1 Å². The second-order valence-electron chi connectivity index (χ2n) is 3.82. The van der Waals surface area contributed by atoms with Crippen molar-refractivity contribution in [3.63, 3.8) is 0 Å². The molecule has 0 saturated carbocycles. The number of hydrogen-bond acceptors (Lipinski definition) is 2. The summed E-state index contributed by atoms with van der Waals surface area (Å²) in [7, 11) is 1.97. The molecule has 84 valence electrons. The van der Waals surface area contributed by atoms with Crippen molar-refractivity contribution in [1.29, 1.82) is 0 Å². The van der Waals surface area contributed by atoms with Gasteiger partial charge in [-0.3, -0.25) is 0 Å². The molecule has 0 aliphatic carbocycles. The zero-order chi connectivity index (χ0) is 11.4. The Morgan fingerprint density at radius 3 is 2.81 bits per heavy atom. The number of benzene rings is 1. The molecular weight excluding hydrogens is 198 g/mol. The van der Waals surface area contributed by atoms with Gasteiger partial charge in [-0.2, -0.15) is 0 Å². The van der Waals surface area contributed by atoms with E-state index in [2.05, 4.69) is 34.6 Å². The Balaban J connectivity index is 2.33. The zero-order valence-corrected chi connectivity index (χ0v) is 9.40. The Bertz CT molecular complexity index is 434. The molecule has 1 atom stereocenters. The molecule has 3 heteroatoms. The molecular formula is C13H17N3. The van der Waals surface area contributed by atoms with Crippen LogP contribution in [0.15, 0.2) is 42.7 Å². The lowest BCUT2D eigenvalue weighted by molar-refractivity contribution is 0.691. The van der Waals surface area contributed by atoms with Crippen LogP contribution in [0.25, 0.3) is 0 Å². The fourth-order valence-corrected chi connectivity index (χ4v) is 1.94. The summed E-state index contributed by atoms with van der Waals surface area (Å²) in [5.41, 5.74) is 9.29. The van der Waals surface area contributed by atoms with Crippen LogP contribution in [0.4, 0.5) is 0 Å². The number of nitrogens with one attached hydrogen (secondary N) is 2. The molecule has 0 aliphatic heterocycles. The number of H-pyrrole nitrogens is 1. The normalized spacial score (nSPS) is 12.6. The van der Waals surface area contributed by atoms with Crippen LogP contribution in [0.5, 0.6) is 0 Å². The fourth-order valence-electron chi connectivity index (χ4n) is 1.94. The zero-order valence-electron chi connectivity index (χ0n) is 9.40. The Kier molecular flexibility index (Phi) is 3.39. The van der Waals surface area contributed by atoms with Gasteiger partial charge in [0.05, 0.1) is 6.04 Å². The summed E-state index contributed by atoms with van der Waals surface area (Å²) >= 11 is 0. The minimum absolute atomic E-state index is 0.220. The van der Waals surface area contributed by atoms with E-state index in [-0.39, 0.29) is 6.04 Å². The topological polar surface area (TPSA) is 53.8 Å². The second-order valence-corrected chi connectivity index (χ2v) is 3.82. The summed E-state index contributed by atoms with van der Waals surface area (Å²) in [5, 5.41) is 3.31. The van der Waals surface area contributed by atoms with Crippen LogP contribution in [-0.4, -0.2) is 12.0 Å². The van der Waals surface area contributed by atoms with Crippen LogP contribution >= 0.6 is 0 Å². The largest absolute Gasteiger partial charge is 0.367 e. The van der Waals surface area contributed by atoms with Gasteiger partial charge in [0.2, 0.25) is 0 Å². The monoisotopic (exact) mass is 215 g/mol. The van der Waals surface area contributed by atoms with Crippen LogP contribution < -0.4 is 11.1 Å². The van der Waals surface area contributed by atoms with Crippen LogP contribution in [0.3, 0.4) is 0 Å². The van der Waals surface area contributed by atoms with Crippen molar-refractivity contribution in [3.8, 4) is 0 Å². The van der Waals surface area contributed by atoms with Gasteiger partial charge in [-0.15, -0.1) is 0 Å². The molecule has 0 bridgehead atoms. The van der Waals surface area contributed by atoms with Gasteiger partial charge in [-0.1, -0.05) is 24.3 Å². The summed E-state index contributed by atoms with van der Waals surface area (Å²) < 4.78 is 0. The lowest BCUT2D eigenvalue weighted by atomic mass is 9.99. The van der Waals surface area contributed by atoms with E-state index in [4.69, 9.17) is 5.73 Å². The first-order valence-corrected chi connectivity index (χ1v) is 5.44. The Morgan fingerprint density at radius 2 is 2.19 bits per heavy atom. The number of aromatic nitrogens is 1. The summed E-state index contributed by atoms with van der Waals surface area (Å²) in [6.45, 7) is 0.581. The fraction of sp³-hybridized carbons (Fsp3) is 0.231. The van der Waals surface area contributed by atoms with Gasteiger partial charge in [0.15, 0.2) is 0 Å². The predicted octanol–water partition coefficient (Wildman–Crippen LogP) is 1.78. The lowest BCUT2D eigenvalue weighted by Gasteiger charge is -2.16.